The SMILES string of the molecule is CC(=O)N(CC(=O)Nc1ccccc1C(F)(F)F)c1cccc(F)c1. The average molecular weight is 354 g/mol. The van der Waals surface area contributed by atoms with Crippen LogP contribution in [0.5, 0.6) is 0 Å². The fraction of sp³-hybridized carbons (Fsp3) is 0.176. The summed E-state index contributed by atoms with van der Waals surface area (Å²) < 4.78 is 52.1. The number of nitrogens with one attached hydrogen (secondary N) is 1. The van der Waals surface area contributed by atoms with Crippen molar-refractivity contribution >= 4 is 23.2 Å². The summed E-state index contributed by atoms with van der Waals surface area (Å²) in [4.78, 5) is 24.8. The van der Waals surface area contributed by atoms with Gasteiger partial charge in [-0.1, -0.05) is 18.2 Å². The summed E-state index contributed by atoms with van der Waals surface area (Å²) in [6.07, 6.45) is -4.63. The van der Waals surface area contributed by atoms with Crippen molar-refractivity contribution in [3.05, 3.63) is 59.9 Å². The fourth-order valence-corrected chi connectivity index (χ4v) is 2.20. The number of anilines is 2. The first-order valence-electron chi connectivity index (χ1n) is 7.18. The van der Waals surface area contributed by atoms with Crippen molar-refractivity contribution in [3.8, 4) is 0 Å². The van der Waals surface area contributed by atoms with Gasteiger partial charge in [-0.2, -0.15) is 13.2 Å². The molecule has 0 heterocycles. The minimum atomic E-state index is -4.63. The van der Waals surface area contributed by atoms with Crippen molar-refractivity contribution in [2.45, 2.75) is 13.1 Å². The van der Waals surface area contributed by atoms with Gasteiger partial charge in [-0.3, -0.25) is 9.59 Å². The van der Waals surface area contributed by atoms with Crippen molar-refractivity contribution in [2.75, 3.05) is 16.8 Å². The second kappa shape index (κ2) is 7.33. The molecule has 2 amide bonds. The van der Waals surface area contributed by atoms with Gasteiger partial charge in [0, 0.05) is 12.6 Å². The molecule has 2 rings (SSSR count). The van der Waals surface area contributed by atoms with E-state index >= 15 is 0 Å². The summed E-state index contributed by atoms with van der Waals surface area (Å²) in [7, 11) is 0. The Hall–Kier alpha value is -2.90. The predicted molar refractivity (Wildman–Crippen MR) is 84.5 cm³/mol. The monoisotopic (exact) mass is 354 g/mol. The number of para-hydroxylation sites is 1. The van der Waals surface area contributed by atoms with Crippen molar-refractivity contribution < 1.29 is 27.2 Å². The Labute approximate surface area is 141 Å². The van der Waals surface area contributed by atoms with Gasteiger partial charge in [-0.25, -0.2) is 4.39 Å². The van der Waals surface area contributed by atoms with E-state index in [9.17, 15) is 27.2 Å². The molecule has 0 aliphatic heterocycles. The molecule has 0 aliphatic rings. The number of carbonyl (C=O) groups excluding carboxylic acids is 2. The number of carbonyl (C=O) groups is 2. The summed E-state index contributed by atoms with van der Waals surface area (Å²) >= 11 is 0. The van der Waals surface area contributed by atoms with E-state index in [2.05, 4.69) is 5.32 Å². The van der Waals surface area contributed by atoms with Crippen LogP contribution in [0.1, 0.15) is 12.5 Å². The lowest BCUT2D eigenvalue weighted by Gasteiger charge is -2.21. The van der Waals surface area contributed by atoms with Gasteiger partial charge in [0.1, 0.15) is 12.4 Å². The summed E-state index contributed by atoms with van der Waals surface area (Å²) in [5.74, 6) is -1.99. The molecule has 2 aromatic rings. The van der Waals surface area contributed by atoms with E-state index in [1.54, 1.807) is 0 Å². The zero-order chi connectivity index (χ0) is 18.6. The number of amides is 2. The number of hydrogen-bond donors (Lipinski definition) is 1. The number of alkyl halides is 3. The van der Waals surface area contributed by atoms with E-state index in [4.69, 9.17) is 0 Å². The highest BCUT2D eigenvalue weighted by Gasteiger charge is 2.33. The highest BCUT2D eigenvalue weighted by atomic mass is 19.4. The van der Waals surface area contributed by atoms with Crippen LogP contribution in [0.2, 0.25) is 0 Å². The Bertz CT molecular complexity index is 790. The normalized spacial score (nSPS) is 11.1. The lowest BCUT2D eigenvalue weighted by molar-refractivity contribution is -0.137. The molecule has 0 aromatic heterocycles. The summed E-state index contributed by atoms with van der Waals surface area (Å²) in [5, 5.41) is 2.14. The molecule has 0 fully saturated rings. The fourth-order valence-electron chi connectivity index (χ4n) is 2.20. The van der Waals surface area contributed by atoms with Gasteiger partial charge in [-0.15, -0.1) is 0 Å². The molecule has 0 radical (unpaired) electrons. The molecular weight excluding hydrogens is 340 g/mol. The highest BCUT2D eigenvalue weighted by molar-refractivity contribution is 6.02. The Kier molecular flexibility index (Phi) is 5.41. The van der Waals surface area contributed by atoms with Crippen LogP contribution in [0.25, 0.3) is 0 Å². The standard InChI is InChI=1S/C17H14F4N2O2/c1-11(24)23(13-6-4-5-12(18)9-13)10-16(25)22-15-8-3-2-7-14(15)17(19,20)21/h2-9H,10H2,1H3,(H,22,25). The summed E-state index contributed by atoms with van der Waals surface area (Å²) in [5.41, 5.74) is -1.28. The quantitative estimate of drug-likeness (QED) is 0.849. The second-order valence-corrected chi connectivity index (χ2v) is 5.18. The van der Waals surface area contributed by atoms with Crippen molar-refractivity contribution in [2.24, 2.45) is 0 Å². The third-order valence-electron chi connectivity index (χ3n) is 3.31. The molecule has 4 nitrogen and oxygen atoms in total. The van der Waals surface area contributed by atoms with Gasteiger partial charge >= 0.3 is 6.18 Å². The highest BCUT2D eigenvalue weighted by Crippen LogP contribution is 2.34. The smallest absolute Gasteiger partial charge is 0.324 e. The van der Waals surface area contributed by atoms with Crippen LogP contribution in [-0.2, 0) is 15.8 Å². The van der Waals surface area contributed by atoms with Crippen LogP contribution in [0.4, 0.5) is 28.9 Å². The van der Waals surface area contributed by atoms with Crippen LogP contribution in [0.15, 0.2) is 48.5 Å². The van der Waals surface area contributed by atoms with E-state index in [1.807, 2.05) is 0 Å². The zero-order valence-electron chi connectivity index (χ0n) is 13.1. The molecule has 0 saturated carbocycles. The molecule has 8 heteroatoms. The second-order valence-electron chi connectivity index (χ2n) is 5.18. The van der Waals surface area contributed by atoms with Crippen LogP contribution in [0, 0.1) is 5.82 Å². The van der Waals surface area contributed by atoms with Crippen molar-refractivity contribution in [1.29, 1.82) is 0 Å². The molecule has 2 aromatic carbocycles. The molecule has 132 valence electrons. The molecule has 25 heavy (non-hydrogen) atoms. The van der Waals surface area contributed by atoms with Gasteiger partial charge in [0.25, 0.3) is 0 Å². The minimum Gasteiger partial charge on any atom is -0.324 e. The molecule has 0 spiro atoms. The maximum absolute atomic E-state index is 13.3. The van der Waals surface area contributed by atoms with Crippen LogP contribution in [-0.4, -0.2) is 18.4 Å². The lowest BCUT2D eigenvalue weighted by Crippen LogP contribution is -2.37. The maximum Gasteiger partial charge on any atom is 0.418 e. The van der Waals surface area contributed by atoms with Gasteiger partial charge in [-0.05, 0) is 30.3 Å². The third kappa shape index (κ3) is 4.79. The van der Waals surface area contributed by atoms with E-state index in [-0.39, 0.29) is 5.69 Å². The Morgan fingerprint density at radius 2 is 1.76 bits per heavy atom. The summed E-state index contributed by atoms with van der Waals surface area (Å²) in [6, 6.07) is 9.50. The number of rotatable bonds is 4. The topological polar surface area (TPSA) is 49.4 Å². The number of halogens is 4. The van der Waals surface area contributed by atoms with E-state index in [1.165, 1.54) is 37.3 Å². The largest absolute Gasteiger partial charge is 0.418 e. The van der Waals surface area contributed by atoms with Gasteiger partial charge in [0.15, 0.2) is 0 Å². The Morgan fingerprint density at radius 1 is 1.08 bits per heavy atom. The number of nitrogens with zero attached hydrogens (tertiary/aromatic N) is 1. The van der Waals surface area contributed by atoms with Crippen LogP contribution >= 0.6 is 0 Å². The molecular formula is C17H14F4N2O2. The van der Waals surface area contributed by atoms with Gasteiger partial charge < -0.3 is 10.2 Å². The van der Waals surface area contributed by atoms with E-state index in [0.29, 0.717) is 0 Å². The predicted octanol–water partition coefficient (Wildman–Crippen LogP) is 3.84. The van der Waals surface area contributed by atoms with Crippen LogP contribution in [0.3, 0.4) is 0 Å². The van der Waals surface area contributed by atoms with Crippen molar-refractivity contribution in [1.82, 2.24) is 0 Å². The first kappa shape index (κ1) is 18.4. The Balaban J connectivity index is 2.20. The molecule has 0 saturated heterocycles. The zero-order valence-corrected chi connectivity index (χ0v) is 13.1. The first-order chi connectivity index (χ1) is 11.7. The van der Waals surface area contributed by atoms with Crippen molar-refractivity contribution in [3.63, 3.8) is 0 Å². The minimum absolute atomic E-state index is 0.131. The lowest BCUT2D eigenvalue weighted by atomic mass is 10.1. The van der Waals surface area contributed by atoms with Gasteiger partial charge in [0.2, 0.25) is 11.8 Å². The van der Waals surface area contributed by atoms with E-state index in [0.717, 1.165) is 23.1 Å². The molecule has 1 N–H and O–H groups in total. The number of hydrogen-bond acceptors (Lipinski definition) is 2. The average Bonchev–Trinajstić information content (AvgIpc) is 2.52. The third-order valence-corrected chi connectivity index (χ3v) is 3.31. The number of benzene rings is 2. The van der Waals surface area contributed by atoms with E-state index < -0.39 is 41.6 Å². The molecule has 0 bridgehead atoms. The van der Waals surface area contributed by atoms with Crippen LogP contribution < -0.4 is 10.2 Å². The maximum atomic E-state index is 13.3. The molecule has 0 aliphatic carbocycles. The summed E-state index contributed by atoms with van der Waals surface area (Å²) in [6.45, 7) is 0.618. The first-order valence-corrected chi connectivity index (χ1v) is 7.18. The van der Waals surface area contributed by atoms with Gasteiger partial charge in [0.05, 0.1) is 11.3 Å². The Morgan fingerprint density at radius 3 is 2.36 bits per heavy atom. The molecule has 0 atom stereocenters. The molecule has 0 unspecified atom stereocenters.